The third kappa shape index (κ3) is 2.21. The second-order valence-corrected chi connectivity index (χ2v) is 7.08. The smallest absolute Gasteiger partial charge is 0.139 e. The van der Waals surface area contributed by atoms with Gasteiger partial charge in [-0.25, -0.2) is 4.98 Å². The number of aromatic hydroxyl groups is 1. The Morgan fingerprint density at radius 1 is 1.22 bits per heavy atom. The van der Waals surface area contributed by atoms with Gasteiger partial charge in [0.05, 0.1) is 20.0 Å². The number of nitrogens with zero attached hydrogens (tertiary/aromatic N) is 2. The highest BCUT2D eigenvalue weighted by atomic mass is 127. The first-order valence-electron chi connectivity index (χ1n) is 5.04. The van der Waals surface area contributed by atoms with E-state index in [1.165, 1.54) is 0 Å². The maximum atomic E-state index is 10.1. The molecule has 0 aliphatic heterocycles. The molecule has 0 saturated carbocycles. The molecule has 90 valence electrons. The predicted octanol–water partition coefficient (Wildman–Crippen LogP) is 4.27. The van der Waals surface area contributed by atoms with Gasteiger partial charge >= 0.3 is 0 Å². The molecule has 0 amide bonds. The van der Waals surface area contributed by atoms with Crippen LogP contribution in [0, 0.1) is 7.14 Å². The molecular weight excluding hydrogens is 474 g/mol. The van der Waals surface area contributed by atoms with Crippen LogP contribution in [0.1, 0.15) is 0 Å². The van der Waals surface area contributed by atoms with Crippen LogP contribution >= 0.6 is 56.5 Å². The summed E-state index contributed by atoms with van der Waals surface area (Å²) in [5.74, 6) is 0.294. The van der Waals surface area contributed by atoms with Crippen molar-refractivity contribution >= 4 is 66.7 Å². The van der Waals surface area contributed by atoms with Crippen LogP contribution in [0.15, 0.2) is 30.6 Å². The van der Waals surface area contributed by atoms with Crippen LogP contribution in [0.5, 0.6) is 5.75 Å². The molecule has 3 rings (SSSR count). The molecule has 0 aliphatic carbocycles. The largest absolute Gasteiger partial charge is 0.506 e. The van der Waals surface area contributed by atoms with Crippen molar-refractivity contribution in [2.75, 3.05) is 0 Å². The Labute approximate surface area is 135 Å². The van der Waals surface area contributed by atoms with E-state index in [-0.39, 0.29) is 0 Å². The fraction of sp³-hybridized carbons (Fsp3) is 0. The highest BCUT2D eigenvalue weighted by Crippen LogP contribution is 2.38. The van der Waals surface area contributed by atoms with Gasteiger partial charge in [0.25, 0.3) is 0 Å². The summed E-state index contributed by atoms with van der Waals surface area (Å²) >= 11 is 5.94. The first-order valence-corrected chi connectivity index (χ1v) is 8.01. The summed E-state index contributed by atoms with van der Waals surface area (Å²) in [6, 6.07) is 5.82. The van der Waals surface area contributed by atoms with Gasteiger partial charge in [-0.15, -0.1) is 11.3 Å². The molecule has 0 radical (unpaired) electrons. The molecule has 0 fully saturated rings. The van der Waals surface area contributed by atoms with Gasteiger partial charge in [-0.2, -0.15) is 0 Å². The van der Waals surface area contributed by atoms with Gasteiger partial charge in [0.2, 0.25) is 0 Å². The number of hydrogen-bond acceptors (Lipinski definition) is 4. The third-order valence-corrected chi connectivity index (χ3v) is 4.96. The fourth-order valence-corrected chi connectivity index (χ4v) is 4.42. The monoisotopic (exact) mass is 480 g/mol. The Bertz CT molecular complexity index is 709. The lowest BCUT2D eigenvalue weighted by molar-refractivity contribution is 0.473. The Morgan fingerprint density at radius 2 is 2.06 bits per heavy atom. The standard InChI is InChI=1S/C12H6I2N2OS/c13-6-3-7(11(17)8(14)4-6)12-16-9-5-15-2-1-10(9)18-12/h1-5,17H. The van der Waals surface area contributed by atoms with Gasteiger partial charge in [0.1, 0.15) is 16.3 Å². The molecule has 18 heavy (non-hydrogen) atoms. The Hall–Kier alpha value is -0.480. The van der Waals surface area contributed by atoms with Crippen LogP contribution in [0.4, 0.5) is 0 Å². The van der Waals surface area contributed by atoms with Crippen LogP contribution < -0.4 is 0 Å². The predicted molar refractivity (Wildman–Crippen MR) is 89.9 cm³/mol. The molecule has 1 aromatic carbocycles. The zero-order valence-corrected chi connectivity index (χ0v) is 14.0. The highest BCUT2D eigenvalue weighted by Gasteiger charge is 2.13. The molecule has 0 spiro atoms. The zero-order valence-electron chi connectivity index (χ0n) is 8.89. The molecule has 2 aromatic heterocycles. The lowest BCUT2D eigenvalue weighted by Crippen LogP contribution is -1.84. The van der Waals surface area contributed by atoms with E-state index in [9.17, 15) is 5.11 Å². The van der Waals surface area contributed by atoms with Crippen molar-refractivity contribution in [3.63, 3.8) is 0 Å². The molecule has 3 nitrogen and oxygen atoms in total. The van der Waals surface area contributed by atoms with Crippen molar-refractivity contribution in [3.05, 3.63) is 37.7 Å². The van der Waals surface area contributed by atoms with Crippen LogP contribution in [0.3, 0.4) is 0 Å². The topological polar surface area (TPSA) is 46.0 Å². The summed E-state index contributed by atoms with van der Waals surface area (Å²) in [4.78, 5) is 8.57. The number of halogens is 2. The van der Waals surface area contributed by atoms with E-state index in [2.05, 4.69) is 55.1 Å². The van der Waals surface area contributed by atoms with E-state index < -0.39 is 0 Å². The van der Waals surface area contributed by atoms with Crippen molar-refractivity contribution in [2.45, 2.75) is 0 Å². The van der Waals surface area contributed by atoms with Gasteiger partial charge in [-0.3, -0.25) is 4.98 Å². The molecular formula is C12H6I2N2OS. The summed E-state index contributed by atoms with van der Waals surface area (Å²) in [5, 5.41) is 11.0. The number of phenolic OH excluding ortho intramolecular Hbond substituents is 1. The van der Waals surface area contributed by atoms with Gasteiger partial charge in [-0.1, -0.05) is 0 Å². The maximum absolute atomic E-state index is 10.1. The number of pyridine rings is 1. The number of fused-ring (bicyclic) bond motifs is 1. The average Bonchev–Trinajstić information content (AvgIpc) is 2.77. The summed E-state index contributed by atoms with van der Waals surface area (Å²) in [6.07, 6.45) is 3.49. The lowest BCUT2D eigenvalue weighted by atomic mass is 10.2. The van der Waals surface area contributed by atoms with Crippen molar-refractivity contribution in [2.24, 2.45) is 0 Å². The zero-order chi connectivity index (χ0) is 12.7. The molecule has 1 N–H and O–H groups in total. The molecule has 3 aromatic rings. The number of phenols is 1. The number of rotatable bonds is 1. The SMILES string of the molecule is Oc1c(I)cc(I)cc1-c1nc2cnccc2s1. The summed E-state index contributed by atoms with van der Waals surface area (Å²) in [6.45, 7) is 0. The molecule has 0 bridgehead atoms. The van der Waals surface area contributed by atoms with Gasteiger partial charge < -0.3 is 5.11 Å². The first kappa shape index (κ1) is 12.5. The van der Waals surface area contributed by atoms with Gasteiger partial charge in [0, 0.05) is 9.77 Å². The Kier molecular flexibility index (Phi) is 3.41. The minimum absolute atomic E-state index is 0.294. The number of hydrogen-bond donors (Lipinski definition) is 1. The molecule has 0 atom stereocenters. The maximum Gasteiger partial charge on any atom is 0.139 e. The van der Waals surface area contributed by atoms with Crippen LogP contribution in [0.25, 0.3) is 20.8 Å². The van der Waals surface area contributed by atoms with E-state index in [1.807, 2.05) is 18.2 Å². The molecule has 0 unspecified atom stereocenters. The second kappa shape index (κ2) is 4.89. The Balaban J connectivity index is 2.26. The lowest BCUT2D eigenvalue weighted by Gasteiger charge is -2.04. The van der Waals surface area contributed by atoms with Crippen LogP contribution in [-0.4, -0.2) is 15.1 Å². The van der Waals surface area contributed by atoms with E-state index in [4.69, 9.17) is 0 Å². The average molecular weight is 480 g/mol. The normalized spacial score (nSPS) is 11.0. The highest BCUT2D eigenvalue weighted by molar-refractivity contribution is 14.1. The number of benzene rings is 1. The van der Waals surface area contributed by atoms with Crippen molar-refractivity contribution in [3.8, 4) is 16.3 Å². The minimum atomic E-state index is 0.294. The Morgan fingerprint density at radius 3 is 2.83 bits per heavy atom. The molecule has 0 saturated heterocycles. The van der Waals surface area contributed by atoms with E-state index in [0.29, 0.717) is 5.75 Å². The second-order valence-electron chi connectivity index (χ2n) is 3.65. The minimum Gasteiger partial charge on any atom is -0.506 e. The van der Waals surface area contributed by atoms with Crippen molar-refractivity contribution in [1.29, 1.82) is 0 Å². The van der Waals surface area contributed by atoms with Crippen LogP contribution in [-0.2, 0) is 0 Å². The molecule has 6 heteroatoms. The summed E-state index contributed by atoms with van der Waals surface area (Å²) < 4.78 is 3.00. The molecule has 2 heterocycles. The van der Waals surface area contributed by atoms with Gasteiger partial charge in [-0.05, 0) is 63.4 Å². The number of thiazole rings is 1. The van der Waals surface area contributed by atoms with E-state index in [0.717, 1.165) is 27.9 Å². The first-order chi connectivity index (χ1) is 8.65. The quantitative estimate of drug-likeness (QED) is 0.530. The summed E-state index contributed by atoms with van der Waals surface area (Å²) in [5.41, 5.74) is 1.65. The van der Waals surface area contributed by atoms with Crippen LogP contribution in [0.2, 0.25) is 0 Å². The third-order valence-electron chi connectivity index (χ3n) is 2.45. The van der Waals surface area contributed by atoms with Gasteiger partial charge in [0.15, 0.2) is 0 Å². The van der Waals surface area contributed by atoms with E-state index >= 15 is 0 Å². The molecule has 0 aliphatic rings. The van der Waals surface area contributed by atoms with E-state index in [1.54, 1.807) is 23.7 Å². The number of aromatic nitrogens is 2. The fourth-order valence-electron chi connectivity index (χ4n) is 1.62. The van der Waals surface area contributed by atoms with Crippen molar-refractivity contribution < 1.29 is 5.11 Å². The van der Waals surface area contributed by atoms with Crippen molar-refractivity contribution in [1.82, 2.24) is 9.97 Å². The summed E-state index contributed by atoms with van der Waals surface area (Å²) in [7, 11) is 0.